The molecule has 6 heteroatoms. The van der Waals surface area contributed by atoms with Gasteiger partial charge in [0.25, 0.3) is 5.91 Å². The van der Waals surface area contributed by atoms with Gasteiger partial charge in [0.05, 0.1) is 0 Å². The second-order valence-electron chi connectivity index (χ2n) is 5.88. The number of amides is 1. The highest BCUT2D eigenvalue weighted by Gasteiger charge is 2.30. The summed E-state index contributed by atoms with van der Waals surface area (Å²) in [5.41, 5.74) is -0.391. The molecule has 3 rings (SSSR count). The molecule has 5 nitrogen and oxygen atoms in total. The first-order valence-electron chi connectivity index (χ1n) is 7.60. The van der Waals surface area contributed by atoms with Crippen molar-refractivity contribution in [1.29, 1.82) is 0 Å². The summed E-state index contributed by atoms with van der Waals surface area (Å²) in [4.78, 5) is 12.6. The number of anilines is 1. The summed E-state index contributed by atoms with van der Waals surface area (Å²) < 4.78 is 17.8. The van der Waals surface area contributed by atoms with E-state index in [4.69, 9.17) is 14.2 Å². The fourth-order valence-electron chi connectivity index (χ4n) is 2.25. The molecule has 0 saturated heterocycles. The van der Waals surface area contributed by atoms with E-state index in [-0.39, 0.29) is 5.91 Å². The predicted molar refractivity (Wildman–Crippen MR) is 94.9 cm³/mol. The van der Waals surface area contributed by atoms with Crippen LogP contribution in [0, 0.1) is 0 Å². The van der Waals surface area contributed by atoms with Gasteiger partial charge in [-0.2, -0.15) is 0 Å². The third kappa shape index (κ3) is 3.82. The molecule has 0 bridgehead atoms. The van der Waals surface area contributed by atoms with Crippen molar-refractivity contribution in [2.75, 3.05) is 18.5 Å². The number of nitrogens with one attached hydrogen (secondary N) is 1. The average Bonchev–Trinajstić information content (AvgIpc) is 2.56. The van der Waals surface area contributed by atoms with Gasteiger partial charge in [0.2, 0.25) is 0 Å². The molecule has 0 fully saturated rings. The van der Waals surface area contributed by atoms with E-state index in [0.29, 0.717) is 36.1 Å². The molecule has 24 heavy (non-hydrogen) atoms. The summed E-state index contributed by atoms with van der Waals surface area (Å²) in [6.07, 6.45) is 0. The second-order valence-corrected chi connectivity index (χ2v) is 6.79. The van der Waals surface area contributed by atoms with Crippen molar-refractivity contribution in [3.63, 3.8) is 0 Å². The van der Waals surface area contributed by atoms with E-state index in [9.17, 15) is 4.79 Å². The lowest BCUT2D eigenvalue weighted by molar-refractivity contribution is -0.128. The highest BCUT2D eigenvalue weighted by Crippen LogP contribution is 2.33. The molecule has 0 atom stereocenters. The fraction of sp³-hybridized carbons (Fsp3) is 0.278. The number of benzene rings is 2. The highest BCUT2D eigenvalue weighted by atomic mass is 79.9. The molecular formula is C18H18BrNO4. The topological polar surface area (TPSA) is 56.8 Å². The summed E-state index contributed by atoms with van der Waals surface area (Å²) >= 11 is 3.37. The van der Waals surface area contributed by atoms with E-state index >= 15 is 0 Å². The van der Waals surface area contributed by atoms with E-state index in [1.807, 2.05) is 24.3 Å². The van der Waals surface area contributed by atoms with Crippen molar-refractivity contribution < 1.29 is 19.0 Å². The van der Waals surface area contributed by atoms with E-state index < -0.39 is 5.60 Å². The quantitative estimate of drug-likeness (QED) is 0.854. The fourth-order valence-corrected chi connectivity index (χ4v) is 2.51. The lowest BCUT2D eigenvalue weighted by atomic mass is 10.1. The van der Waals surface area contributed by atoms with Gasteiger partial charge in [0.1, 0.15) is 19.0 Å². The van der Waals surface area contributed by atoms with Gasteiger partial charge in [-0.3, -0.25) is 4.79 Å². The number of carbonyl (C=O) groups is 1. The van der Waals surface area contributed by atoms with E-state index in [0.717, 1.165) is 4.47 Å². The molecule has 0 aliphatic carbocycles. The van der Waals surface area contributed by atoms with Crippen LogP contribution in [-0.2, 0) is 4.79 Å². The second kappa shape index (κ2) is 6.73. The molecule has 1 heterocycles. The Hall–Kier alpha value is -2.21. The summed E-state index contributed by atoms with van der Waals surface area (Å²) in [6, 6.07) is 12.7. The zero-order valence-corrected chi connectivity index (χ0v) is 15.1. The Bertz CT molecular complexity index is 743. The Morgan fingerprint density at radius 3 is 2.46 bits per heavy atom. The standard InChI is InChI=1S/C18H18BrNO4/c1-18(2,24-14-6-3-12(19)4-7-14)17(21)20-13-5-8-15-16(11-13)23-10-9-22-15/h3-8,11H,9-10H2,1-2H3,(H,20,21). The van der Waals surface area contributed by atoms with E-state index in [1.54, 1.807) is 32.0 Å². The van der Waals surface area contributed by atoms with Crippen LogP contribution in [0.5, 0.6) is 17.2 Å². The molecule has 1 aliphatic rings. The van der Waals surface area contributed by atoms with Gasteiger partial charge in [-0.25, -0.2) is 0 Å². The third-order valence-electron chi connectivity index (χ3n) is 3.53. The summed E-state index contributed by atoms with van der Waals surface area (Å²) in [6.45, 7) is 4.49. The molecule has 126 valence electrons. The van der Waals surface area contributed by atoms with Gasteiger partial charge in [-0.1, -0.05) is 15.9 Å². The number of carbonyl (C=O) groups excluding carboxylic acids is 1. The van der Waals surface area contributed by atoms with Crippen LogP contribution in [0.15, 0.2) is 46.9 Å². The van der Waals surface area contributed by atoms with Gasteiger partial charge in [0, 0.05) is 16.2 Å². The predicted octanol–water partition coefficient (Wildman–Crippen LogP) is 4.02. The third-order valence-corrected chi connectivity index (χ3v) is 4.06. The maximum atomic E-state index is 12.6. The average molecular weight is 392 g/mol. The number of fused-ring (bicyclic) bond motifs is 1. The molecule has 1 aliphatic heterocycles. The number of halogens is 1. The zero-order valence-electron chi connectivity index (χ0n) is 13.5. The SMILES string of the molecule is CC(C)(Oc1ccc(Br)cc1)C(=O)Nc1ccc2c(c1)OCCO2. The largest absolute Gasteiger partial charge is 0.486 e. The maximum absolute atomic E-state index is 12.6. The van der Waals surface area contributed by atoms with Crippen molar-refractivity contribution >= 4 is 27.5 Å². The van der Waals surface area contributed by atoms with Crippen molar-refractivity contribution in [3.05, 3.63) is 46.9 Å². The van der Waals surface area contributed by atoms with Gasteiger partial charge in [0.15, 0.2) is 17.1 Å². The smallest absolute Gasteiger partial charge is 0.267 e. The Balaban J connectivity index is 1.69. The molecule has 0 aromatic heterocycles. The van der Waals surface area contributed by atoms with Crippen LogP contribution < -0.4 is 19.5 Å². The molecule has 0 radical (unpaired) electrons. The summed E-state index contributed by atoms with van der Waals surface area (Å²) in [5.74, 6) is 1.69. The molecule has 0 saturated carbocycles. The Kier molecular flexibility index (Phi) is 4.66. The molecule has 1 amide bonds. The lowest BCUT2D eigenvalue weighted by Crippen LogP contribution is -2.42. The Labute approximate surface area is 149 Å². The van der Waals surface area contributed by atoms with Crippen LogP contribution >= 0.6 is 15.9 Å². The van der Waals surface area contributed by atoms with Crippen molar-refractivity contribution in [2.24, 2.45) is 0 Å². The first-order chi connectivity index (χ1) is 11.4. The van der Waals surface area contributed by atoms with E-state index in [2.05, 4.69) is 21.2 Å². The normalized spacial score (nSPS) is 13.3. The number of hydrogen-bond acceptors (Lipinski definition) is 4. The molecular weight excluding hydrogens is 374 g/mol. The lowest BCUT2D eigenvalue weighted by Gasteiger charge is -2.26. The highest BCUT2D eigenvalue weighted by molar-refractivity contribution is 9.10. The van der Waals surface area contributed by atoms with Crippen LogP contribution in [0.4, 0.5) is 5.69 Å². The number of hydrogen-bond donors (Lipinski definition) is 1. The van der Waals surface area contributed by atoms with Gasteiger partial charge in [-0.15, -0.1) is 0 Å². The molecule has 2 aromatic rings. The first kappa shape index (κ1) is 16.6. The van der Waals surface area contributed by atoms with Gasteiger partial charge >= 0.3 is 0 Å². The first-order valence-corrected chi connectivity index (χ1v) is 8.39. The van der Waals surface area contributed by atoms with Crippen LogP contribution in [0.1, 0.15) is 13.8 Å². The minimum atomic E-state index is -1.03. The minimum Gasteiger partial charge on any atom is -0.486 e. The van der Waals surface area contributed by atoms with Crippen molar-refractivity contribution in [3.8, 4) is 17.2 Å². The summed E-state index contributed by atoms with van der Waals surface area (Å²) in [7, 11) is 0. The van der Waals surface area contributed by atoms with Crippen LogP contribution in [0.25, 0.3) is 0 Å². The zero-order chi connectivity index (χ0) is 17.2. The van der Waals surface area contributed by atoms with Crippen LogP contribution in [0.3, 0.4) is 0 Å². The Morgan fingerprint density at radius 1 is 1.08 bits per heavy atom. The number of ether oxygens (including phenoxy) is 3. The number of rotatable bonds is 4. The molecule has 0 unspecified atom stereocenters. The van der Waals surface area contributed by atoms with E-state index in [1.165, 1.54) is 0 Å². The van der Waals surface area contributed by atoms with Crippen LogP contribution in [-0.4, -0.2) is 24.7 Å². The molecule has 0 spiro atoms. The minimum absolute atomic E-state index is 0.248. The van der Waals surface area contributed by atoms with Crippen LogP contribution in [0.2, 0.25) is 0 Å². The molecule has 1 N–H and O–H groups in total. The molecule has 2 aromatic carbocycles. The van der Waals surface area contributed by atoms with Gasteiger partial charge in [-0.05, 0) is 50.2 Å². The maximum Gasteiger partial charge on any atom is 0.267 e. The van der Waals surface area contributed by atoms with Crippen molar-refractivity contribution in [1.82, 2.24) is 0 Å². The van der Waals surface area contributed by atoms with Gasteiger partial charge < -0.3 is 19.5 Å². The van der Waals surface area contributed by atoms with Crippen molar-refractivity contribution in [2.45, 2.75) is 19.4 Å². The monoisotopic (exact) mass is 391 g/mol. The Morgan fingerprint density at radius 2 is 1.75 bits per heavy atom. The summed E-state index contributed by atoms with van der Waals surface area (Å²) in [5, 5.41) is 2.86.